The van der Waals surface area contributed by atoms with Crippen LogP contribution in [0.15, 0.2) is 18.2 Å². The van der Waals surface area contributed by atoms with Crippen molar-refractivity contribution in [3.8, 4) is 0 Å². The van der Waals surface area contributed by atoms with Crippen LogP contribution in [0.3, 0.4) is 0 Å². The molecule has 2 aliphatic rings. The lowest BCUT2D eigenvalue weighted by Gasteiger charge is -2.29. The first-order valence-electron chi connectivity index (χ1n) is 9.62. The molecule has 1 saturated heterocycles. The van der Waals surface area contributed by atoms with Crippen molar-refractivity contribution in [2.45, 2.75) is 71.3 Å². The normalized spacial score (nSPS) is 25.1. The Morgan fingerprint density at radius 2 is 1.70 bits per heavy atom. The van der Waals surface area contributed by atoms with E-state index in [1.807, 2.05) is 0 Å². The van der Waals surface area contributed by atoms with Gasteiger partial charge in [0, 0.05) is 18.0 Å². The molecule has 2 atom stereocenters. The molecule has 1 aliphatic carbocycles. The molecule has 0 radical (unpaired) electrons. The summed E-state index contributed by atoms with van der Waals surface area (Å²) in [4.78, 5) is 15.8. The van der Waals surface area contributed by atoms with Gasteiger partial charge in [0.25, 0.3) is 0 Å². The highest BCUT2D eigenvalue weighted by atomic mass is 16.1. The van der Waals surface area contributed by atoms with Crippen LogP contribution >= 0.6 is 0 Å². The molecule has 1 aromatic carbocycles. The highest BCUT2D eigenvalue weighted by molar-refractivity contribution is 5.99. The van der Waals surface area contributed by atoms with Gasteiger partial charge in [-0.3, -0.25) is 4.79 Å². The summed E-state index contributed by atoms with van der Waals surface area (Å²) in [6.45, 7) is 6.82. The molecular formula is C21H31NO. The van der Waals surface area contributed by atoms with Crippen LogP contribution in [0.2, 0.25) is 0 Å². The van der Waals surface area contributed by atoms with Crippen LogP contribution in [0.25, 0.3) is 0 Å². The third-order valence-electron chi connectivity index (χ3n) is 5.95. The molecule has 1 saturated carbocycles. The third-order valence-corrected chi connectivity index (χ3v) is 5.95. The summed E-state index contributed by atoms with van der Waals surface area (Å²) >= 11 is 0. The predicted molar refractivity (Wildman–Crippen MR) is 96.1 cm³/mol. The van der Waals surface area contributed by atoms with Crippen LogP contribution in [0.4, 0.5) is 0 Å². The number of hydrogen-bond acceptors (Lipinski definition) is 2. The van der Waals surface area contributed by atoms with Crippen molar-refractivity contribution in [3.63, 3.8) is 0 Å². The molecule has 0 spiro atoms. The summed E-state index contributed by atoms with van der Waals surface area (Å²) in [7, 11) is 0. The average Bonchev–Trinajstić information content (AvgIpc) is 3.24. The van der Waals surface area contributed by atoms with Crippen LogP contribution in [0.5, 0.6) is 0 Å². The fraction of sp³-hybridized carbons (Fsp3) is 0.667. The van der Waals surface area contributed by atoms with Gasteiger partial charge in [0.15, 0.2) is 5.78 Å². The Hall–Kier alpha value is -1.15. The van der Waals surface area contributed by atoms with Gasteiger partial charge in [0.2, 0.25) is 0 Å². The van der Waals surface area contributed by atoms with E-state index in [1.165, 1.54) is 56.3 Å². The number of rotatable bonds is 6. The van der Waals surface area contributed by atoms with Gasteiger partial charge in [-0.05, 0) is 68.7 Å². The van der Waals surface area contributed by atoms with Crippen LogP contribution in [-0.4, -0.2) is 29.8 Å². The second kappa shape index (κ2) is 7.61. The quantitative estimate of drug-likeness (QED) is 0.713. The van der Waals surface area contributed by atoms with E-state index < -0.39 is 0 Å². The minimum atomic E-state index is 0.399. The van der Waals surface area contributed by atoms with Gasteiger partial charge >= 0.3 is 0 Å². The standard InChI is InChI=1S/C21H31NO/c1-3-16-9-7-10-17(4-2)21(16)20(23)15-18-11-8-12-19(18)22-13-5-6-14-22/h7,9-10,18-19H,3-6,8,11-15H2,1-2H3/t18-,19-/m1/s1. The number of ketones is 1. The molecule has 0 bridgehead atoms. The maximum Gasteiger partial charge on any atom is 0.163 e. The molecule has 2 fully saturated rings. The molecule has 2 heteroatoms. The number of aryl methyl sites for hydroxylation is 2. The second-order valence-electron chi connectivity index (χ2n) is 7.29. The molecule has 0 unspecified atom stereocenters. The van der Waals surface area contributed by atoms with E-state index in [0.29, 0.717) is 17.7 Å². The van der Waals surface area contributed by atoms with E-state index in [-0.39, 0.29) is 0 Å². The van der Waals surface area contributed by atoms with Crippen molar-refractivity contribution in [3.05, 3.63) is 34.9 Å². The Morgan fingerprint density at radius 3 is 2.30 bits per heavy atom. The van der Waals surface area contributed by atoms with Crippen molar-refractivity contribution in [2.75, 3.05) is 13.1 Å². The molecule has 0 aromatic heterocycles. The Morgan fingerprint density at radius 1 is 1.04 bits per heavy atom. The zero-order valence-corrected chi connectivity index (χ0v) is 14.8. The lowest BCUT2D eigenvalue weighted by Crippen LogP contribution is -2.36. The Kier molecular flexibility index (Phi) is 5.53. The highest BCUT2D eigenvalue weighted by Gasteiger charge is 2.35. The van der Waals surface area contributed by atoms with Crippen LogP contribution < -0.4 is 0 Å². The molecule has 2 nitrogen and oxygen atoms in total. The molecule has 3 rings (SSSR count). The summed E-state index contributed by atoms with van der Waals surface area (Å²) in [5.41, 5.74) is 3.53. The van der Waals surface area contributed by atoms with Crippen molar-refractivity contribution in [1.82, 2.24) is 4.90 Å². The predicted octanol–water partition coefficient (Wildman–Crippen LogP) is 4.65. The molecule has 0 N–H and O–H groups in total. The van der Waals surface area contributed by atoms with Gasteiger partial charge < -0.3 is 4.90 Å². The maximum atomic E-state index is 13.1. The minimum absolute atomic E-state index is 0.399. The van der Waals surface area contributed by atoms with Gasteiger partial charge in [-0.15, -0.1) is 0 Å². The third kappa shape index (κ3) is 3.52. The van der Waals surface area contributed by atoms with E-state index in [2.05, 4.69) is 36.9 Å². The lowest BCUT2D eigenvalue weighted by atomic mass is 9.88. The topological polar surface area (TPSA) is 20.3 Å². The summed E-state index contributed by atoms with van der Waals surface area (Å²) in [6.07, 6.45) is 9.19. The van der Waals surface area contributed by atoms with E-state index >= 15 is 0 Å². The van der Waals surface area contributed by atoms with Gasteiger partial charge in [-0.25, -0.2) is 0 Å². The molecule has 1 heterocycles. The fourth-order valence-electron chi connectivity index (χ4n) is 4.75. The monoisotopic (exact) mass is 313 g/mol. The van der Waals surface area contributed by atoms with Gasteiger partial charge in [0.05, 0.1) is 0 Å². The van der Waals surface area contributed by atoms with E-state index in [9.17, 15) is 4.79 Å². The van der Waals surface area contributed by atoms with Crippen molar-refractivity contribution >= 4 is 5.78 Å². The second-order valence-corrected chi connectivity index (χ2v) is 7.29. The largest absolute Gasteiger partial charge is 0.300 e. The van der Waals surface area contributed by atoms with Gasteiger partial charge in [-0.2, -0.15) is 0 Å². The lowest BCUT2D eigenvalue weighted by molar-refractivity contribution is 0.0928. The Balaban J connectivity index is 1.76. The first-order valence-corrected chi connectivity index (χ1v) is 9.62. The zero-order chi connectivity index (χ0) is 16.2. The van der Waals surface area contributed by atoms with E-state index in [0.717, 1.165) is 24.8 Å². The molecule has 126 valence electrons. The van der Waals surface area contributed by atoms with Gasteiger partial charge in [-0.1, -0.05) is 38.5 Å². The molecule has 1 aromatic rings. The molecular weight excluding hydrogens is 282 g/mol. The SMILES string of the molecule is CCc1cccc(CC)c1C(=O)C[C@H]1CCC[C@H]1N1CCCC1. The van der Waals surface area contributed by atoms with Crippen molar-refractivity contribution in [1.29, 1.82) is 0 Å². The molecule has 0 amide bonds. The highest BCUT2D eigenvalue weighted by Crippen LogP contribution is 2.35. The summed E-state index contributed by atoms with van der Waals surface area (Å²) in [6, 6.07) is 7.05. The van der Waals surface area contributed by atoms with Gasteiger partial charge in [0.1, 0.15) is 0 Å². The van der Waals surface area contributed by atoms with Crippen LogP contribution in [-0.2, 0) is 12.8 Å². The molecule has 23 heavy (non-hydrogen) atoms. The number of hydrogen-bond donors (Lipinski definition) is 0. The number of Topliss-reactive ketones (excluding diaryl/α,β-unsaturated/α-hetero) is 1. The first kappa shape index (κ1) is 16.7. The van der Waals surface area contributed by atoms with Crippen molar-refractivity contribution < 1.29 is 4.79 Å². The zero-order valence-electron chi connectivity index (χ0n) is 14.8. The smallest absolute Gasteiger partial charge is 0.163 e. The number of likely N-dealkylation sites (tertiary alicyclic amines) is 1. The number of carbonyl (C=O) groups excluding carboxylic acids is 1. The Bertz CT molecular complexity index is 523. The number of nitrogens with zero attached hydrogens (tertiary/aromatic N) is 1. The van der Waals surface area contributed by atoms with Crippen molar-refractivity contribution in [2.24, 2.45) is 5.92 Å². The Labute approximate surface area is 141 Å². The fourth-order valence-corrected chi connectivity index (χ4v) is 4.75. The summed E-state index contributed by atoms with van der Waals surface area (Å²) < 4.78 is 0. The average molecular weight is 313 g/mol. The van der Waals surface area contributed by atoms with E-state index in [4.69, 9.17) is 0 Å². The van der Waals surface area contributed by atoms with Crippen LogP contribution in [0, 0.1) is 5.92 Å². The maximum absolute atomic E-state index is 13.1. The summed E-state index contributed by atoms with van der Waals surface area (Å²) in [5.74, 6) is 0.977. The molecule has 1 aliphatic heterocycles. The van der Waals surface area contributed by atoms with E-state index in [1.54, 1.807) is 0 Å². The van der Waals surface area contributed by atoms with Crippen LogP contribution in [0.1, 0.15) is 73.9 Å². The first-order chi connectivity index (χ1) is 11.2. The summed E-state index contributed by atoms with van der Waals surface area (Å²) in [5, 5.41) is 0. The number of benzene rings is 1. The minimum Gasteiger partial charge on any atom is -0.300 e. The number of carbonyl (C=O) groups is 1.